The monoisotopic (exact) mass is 173 g/mol. The molecule has 74 valence electrons. The first-order chi connectivity index (χ1) is 5.67. The van der Waals surface area contributed by atoms with Crippen LogP contribution >= 0.6 is 0 Å². The summed E-state index contributed by atoms with van der Waals surface area (Å²) in [4.78, 5) is 0. The Hall–Kier alpha value is -0.0800. The van der Waals surface area contributed by atoms with Crippen LogP contribution in [-0.4, -0.2) is 11.2 Å². The second-order valence-electron chi connectivity index (χ2n) is 3.84. The molecule has 2 N–H and O–H groups in total. The van der Waals surface area contributed by atoms with Gasteiger partial charge in [0, 0.05) is 6.04 Å². The Balaban J connectivity index is 4.02. The van der Waals surface area contributed by atoms with Crippen molar-refractivity contribution in [3.63, 3.8) is 0 Å². The number of hydroxylamine groups is 1. The van der Waals surface area contributed by atoms with Crippen LogP contribution in [0.4, 0.5) is 0 Å². The van der Waals surface area contributed by atoms with E-state index in [9.17, 15) is 0 Å². The van der Waals surface area contributed by atoms with Gasteiger partial charge in [0.05, 0.1) is 0 Å². The molecule has 2 heteroatoms. The van der Waals surface area contributed by atoms with E-state index in [0.29, 0.717) is 11.8 Å². The molecule has 2 unspecified atom stereocenters. The maximum Gasteiger partial charge on any atom is 0.0350 e. The van der Waals surface area contributed by atoms with Crippen LogP contribution in [0.2, 0.25) is 0 Å². The third-order valence-corrected chi connectivity index (χ3v) is 2.61. The molecular formula is C10H23NO. The van der Waals surface area contributed by atoms with Crippen LogP contribution in [0.5, 0.6) is 0 Å². The zero-order chi connectivity index (χ0) is 9.56. The largest absolute Gasteiger partial charge is 0.317 e. The lowest BCUT2D eigenvalue weighted by atomic mass is 9.84. The van der Waals surface area contributed by atoms with Gasteiger partial charge >= 0.3 is 0 Å². The van der Waals surface area contributed by atoms with Crippen molar-refractivity contribution in [3.05, 3.63) is 0 Å². The molecule has 0 fully saturated rings. The van der Waals surface area contributed by atoms with Gasteiger partial charge < -0.3 is 5.21 Å². The highest BCUT2D eigenvalue weighted by Crippen LogP contribution is 2.21. The molecule has 12 heavy (non-hydrogen) atoms. The highest BCUT2D eigenvalue weighted by Gasteiger charge is 2.21. The quantitative estimate of drug-likeness (QED) is 0.605. The van der Waals surface area contributed by atoms with E-state index in [4.69, 9.17) is 5.21 Å². The Kier molecular flexibility index (Phi) is 6.39. The summed E-state index contributed by atoms with van der Waals surface area (Å²) >= 11 is 0. The van der Waals surface area contributed by atoms with Gasteiger partial charge in [-0.15, -0.1) is 0 Å². The number of hydrogen-bond acceptors (Lipinski definition) is 2. The van der Waals surface area contributed by atoms with Gasteiger partial charge in [0.25, 0.3) is 0 Å². The highest BCUT2D eigenvalue weighted by atomic mass is 16.5. The fraction of sp³-hybridized carbons (Fsp3) is 1.00. The summed E-state index contributed by atoms with van der Waals surface area (Å²) in [7, 11) is 0. The lowest BCUT2D eigenvalue weighted by Crippen LogP contribution is -2.36. The zero-order valence-electron chi connectivity index (χ0n) is 8.80. The minimum atomic E-state index is 0.278. The molecule has 0 aliphatic carbocycles. The van der Waals surface area contributed by atoms with E-state index in [-0.39, 0.29) is 6.04 Å². The van der Waals surface area contributed by atoms with Gasteiger partial charge in [0.15, 0.2) is 0 Å². The Morgan fingerprint density at radius 1 is 1.25 bits per heavy atom. The van der Waals surface area contributed by atoms with E-state index in [0.717, 1.165) is 19.3 Å². The highest BCUT2D eigenvalue weighted by molar-refractivity contribution is 4.74. The topological polar surface area (TPSA) is 32.3 Å². The van der Waals surface area contributed by atoms with E-state index in [1.54, 1.807) is 0 Å². The molecule has 0 aromatic carbocycles. The predicted molar refractivity (Wildman–Crippen MR) is 52.2 cm³/mol. The van der Waals surface area contributed by atoms with Crippen molar-refractivity contribution in [1.29, 1.82) is 0 Å². The van der Waals surface area contributed by atoms with E-state index >= 15 is 0 Å². The van der Waals surface area contributed by atoms with Crippen molar-refractivity contribution in [1.82, 2.24) is 5.48 Å². The molecule has 0 rings (SSSR count). The molecule has 2 atom stereocenters. The van der Waals surface area contributed by atoms with Gasteiger partial charge in [-0.2, -0.15) is 0 Å². The summed E-state index contributed by atoms with van der Waals surface area (Å²) in [5.74, 6) is 1.24. The van der Waals surface area contributed by atoms with Crippen molar-refractivity contribution < 1.29 is 5.21 Å². The van der Waals surface area contributed by atoms with Gasteiger partial charge in [-0.1, -0.05) is 40.5 Å². The summed E-state index contributed by atoms with van der Waals surface area (Å²) in [6.45, 7) is 8.77. The first-order valence-corrected chi connectivity index (χ1v) is 5.06. The van der Waals surface area contributed by atoms with Crippen LogP contribution in [0.1, 0.15) is 47.0 Å². The third kappa shape index (κ3) is 3.55. The van der Waals surface area contributed by atoms with Gasteiger partial charge in [-0.05, 0) is 18.3 Å². The Morgan fingerprint density at radius 3 is 2.08 bits per heavy atom. The van der Waals surface area contributed by atoms with Crippen LogP contribution in [0, 0.1) is 11.8 Å². The van der Waals surface area contributed by atoms with Crippen LogP contribution in [-0.2, 0) is 0 Å². The van der Waals surface area contributed by atoms with Crippen LogP contribution in [0.25, 0.3) is 0 Å². The molecule has 0 aliphatic rings. The van der Waals surface area contributed by atoms with Crippen LogP contribution < -0.4 is 5.48 Å². The molecule has 0 bridgehead atoms. The summed E-state index contributed by atoms with van der Waals surface area (Å²) in [5.41, 5.74) is 2.44. The normalized spacial score (nSPS) is 16.5. The molecule has 0 saturated carbocycles. The van der Waals surface area contributed by atoms with Crippen molar-refractivity contribution in [2.75, 3.05) is 0 Å². The molecule has 0 saturated heterocycles. The van der Waals surface area contributed by atoms with Crippen molar-refractivity contribution in [3.8, 4) is 0 Å². The van der Waals surface area contributed by atoms with E-state index in [1.807, 2.05) is 0 Å². The lowest BCUT2D eigenvalue weighted by Gasteiger charge is -2.27. The molecule has 0 aromatic rings. The molecule has 0 spiro atoms. The standard InChI is InChI=1S/C10H23NO/c1-5-7-10(11-12)9(6-2)8(3)4/h8-12H,5-7H2,1-4H3. The molecule has 0 amide bonds. The Bertz CT molecular complexity index is 104. The number of rotatable bonds is 6. The van der Waals surface area contributed by atoms with E-state index in [2.05, 4.69) is 33.2 Å². The number of nitrogens with one attached hydrogen (secondary N) is 1. The van der Waals surface area contributed by atoms with Gasteiger partial charge in [0.2, 0.25) is 0 Å². The first-order valence-electron chi connectivity index (χ1n) is 5.06. The SMILES string of the molecule is CCCC(NO)C(CC)C(C)C. The van der Waals surface area contributed by atoms with Gasteiger partial charge in [-0.3, -0.25) is 0 Å². The van der Waals surface area contributed by atoms with E-state index in [1.165, 1.54) is 0 Å². The molecular weight excluding hydrogens is 150 g/mol. The fourth-order valence-electron chi connectivity index (χ4n) is 1.91. The Labute approximate surface area is 76.3 Å². The maximum atomic E-state index is 8.96. The van der Waals surface area contributed by atoms with Crippen molar-refractivity contribution in [2.24, 2.45) is 11.8 Å². The van der Waals surface area contributed by atoms with E-state index < -0.39 is 0 Å². The molecule has 0 aliphatic heterocycles. The summed E-state index contributed by atoms with van der Waals surface area (Å²) in [6, 6.07) is 0.278. The lowest BCUT2D eigenvalue weighted by molar-refractivity contribution is 0.0758. The van der Waals surface area contributed by atoms with Gasteiger partial charge in [0.1, 0.15) is 0 Å². The van der Waals surface area contributed by atoms with Crippen molar-refractivity contribution >= 4 is 0 Å². The third-order valence-electron chi connectivity index (χ3n) is 2.61. The minimum Gasteiger partial charge on any atom is -0.317 e. The molecule has 2 nitrogen and oxygen atoms in total. The average molecular weight is 173 g/mol. The maximum absolute atomic E-state index is 8.96. The Morgan fingerprint density at radius 2 is 1.83 bits per heavy atom. The predicted octanol–water partition coefficient (Wildman–Crippen LogP) is 2.82. The second kappa shape index (κ2) is 6.44. The molecule has 0 radical (unpaired) electrons. The van der Waals surface area contributed by atoms with Gasteiger partial charge in [-0.25, -0.2) is 5.48 Å². The smallest absolute Gasteiger partial charge is 0.0350 e. The van der Waals surface area contributed by atoms with Crippen molar-refractivity contribution in [2.45, 2.75) is 53.0 Å². The summed E-state index contributed by atoms with van der Waals surface area (Å²) in [5, 5.41) is 8.96. The van der Waals surface area contributed by atoms with Crippen LogP contribution in [0.3, 0.4) is 0 Å². The first kappa shape index (κ1) is 11.9. The summed E-state index contributed by atoms with van der Waals surface area (Å²) < 4.78 is 0. The van der Waals surface area contributed by atoms with Crippen LogP contribution in [0.15, 0.2) is 0 Å². The second-order valence-corrected chi connectivity index (χ2v) is 3.84. The fourth-order valence-corrected chi connectivity index (χ4v) is 1.91. The number of hydrogen-bond donors (Lipinski definition) is 2. The molecule has 0 aromatic heterocycles. The minimum absolute atomic E-state index is 0.278. The molecule has 0 heterocycles. The average Bonchev–Trinajstić information content (AvgIpc) is 2.03. The zero-order valence-corrected chi connectivity index (χ0v) is 8.80. The summed E-state index contributed by atoms with van der Waals surface area (Å²) in [6.07, 6.45) is 3.32.